The summed E-state index contributed by atoms with van der Waals surface area (Å²) in [4.78, 5) is 38.2. The van der Waals surface area contributed by atoms with Gasteiger partial charge in [0.25, 0.3) is 0 Å². The van der Waals surface area contributed by atoms with E-state index in [1.54, 1.807) is 39.8 Å². The van der Waals surface area contributed by atoms with Gasteiger partial charge in [0.05, 0.1) is 6.04 Å². The molecule has 4 N–H and O–H groups in total. The average Bonchev–Trinajstić information content (AvgIpc) is 3.19. The van der Waals surface area contributed by atoms with Crippen molar-refractivity contribution in [3.05, 3.63) is 30.1 Å². The van der Waals surface area contributed by atoms with Crippen molar-refractivity contribution in [3.8, 4) is 0 Å². The third-order valence-electron chi connectivity index (χ3n) is 5.73. The molecule has 0 bridgehead atoms. The van der Waals surface area contributed by atoms with Gasteiger partial charge < -0.3 is 30.3 Å². The predicted octanol–water partition coefficient (Wildman–Crippen LogP) is -1.28. The number of amides is 3. The van der Waals surface area contributed by atoms with E-state index in [1.165, 1.54) is 23.9 Å². The summed E-state index contributed by atoms with van der Waals surface area (Å²) >= 11 is 1.30. The van der Waals surface area contributed by atoms with Gasteiger partial charge in [0, 0.05) is 22.1 Å². The zero-order chi connectivity index (χ0) is 28.7. The van der Waals surface area contributed by atoms with Gasteiger partial charge in [0.2, 0.25) is 11.8 Å². The van der Waals surface area contributed by atoms with E-state index in [-0.39, 0.29) is 60.8 Å². The first-order valence-electron chi connectivity index (χ1n) is 12.2. The van der Waals surface area contributed by atoms with Crippen molar-refractivity contribution in [2.24, 2.45) is 11.8 Å². The number of ether oxygens (including phenoxy) is 1. The minimum Gasteiger partial charge on any atom is -0.746 e. The zero-order valence-corrected chi connectivity index (χ0v) is 26.4. The summed E-state index contributed by atoms with van der Waals surface area (Å²) in [5.74, 6) is -2.39. The van der Waals surface area contributed by atoms with Gasteiger partial charge >= 0.3 is 35.7 Å². The Balaban J connectivity index is 0.00000760. The maximum absolute atomic E-state index is 13.5. The van der Waals surface area contributed by atoms with E-state index in [0.717, 1.165) is 0 Å². The summed E-state index contributed by atoms with van der Waals surface area (Å²) in [6.07, 6.45) is -0.702. The molecule has 1 aliphatic heterocycles. The number of aliphatic hydroxyl groups excluding tert-OH is 1. The maximum atomic E-state index is 13.5. The molecule has 39 heavy (non-hydrogen) atoms. The number of aliphatic hydroxyl groups is 1. The number of hydrogen-bond donors (Lipinski definition) is 4. The van der Waals surface area contributed by atoms with Crippen molar-refractivity contribution >= 4 is 39.8 Å². The molecule has 0 radical (unpaired) electrons. The van der Waals surface area contributed by atoms with Crippen LogP contribution in [0.3, 0.4) is 0 Å². The van der Waals surface area contributed by atoms with Crippen LogP contribution in [0.1, 0.15) is 47.0 Å². The number of hydrogen-bond acceptors (Lipinski definition) is 9. The Labute approximate surface area is 254 Å². The molecule has 1 saturated heterocycles. The second-order valence-electron chi connectivity index (χ2n) is 10.2. The molecule has 1 fully saturated rings. The van der Waals surface area contributed by atoms with Crippen molar-refractivity contribution in [3.63, 3.8) is 0 Å². The number of rotatable bonds is 13. The summed E-state index contributed by atoms with van der Waals surface area (Å²) in [7, 11) is -5.21. The molecule has 214 valence electrons. The van der Waals surface area contributed by atoms with E-state index in [1.807, 2.05) is 0 Å². The number of benzene rings is 1. The second kappa shape index (κ2) is 15.5. The minimum absolute atomic E-state index is 0. The van der Waals surface area contributed by atoms with Gasteiger partial charge in [0.1, 0.15) is 28.6 Å². The molecule has 1 aromatic rings. The third-order valence-corrected chi connectivity index (χ3v) is 7.81. The molecule has 1 aliphatic rings. The van der Waals surface area contributed by atoms with Crippen LogP contribution in [0.5, 0.6) is 0 Å². The summed E-state index contributed by atoms with van der Waals surface area (Å²) in [5, 5.41) is 17.5. The molecule has 0 saturated carbocycles. The van der Waals surface area contributed by atoms with Crippen molar-refractivity contribution in [2.45, 2.75) is 74.1 Å². The minimum atomic E-state index is -5.21. The van der Waals surface area contributed by atoms with Crippen LogP contribution in [-0.4, -0.2) is 71.4 Å². The number of alkyl carbamates (subject to hydrolysis) is 1. The normalized spacial score (nSPS) is 17.9. The van der Waals surface area contributed by atoms with Crippen LogP contribution in [0.4, 0.5) is 9.18 Å². The molecular weight excluding hydrogens is 564 g/mol. The standard InChI is InChI=1S/C24H36FN3O8S2.Na/c1-14(2)10-18(28-23(32)36-13-24(3,4)37-17-7-5-6-16(25)12-17)21(30)27-19(22(31)38(33,34)35)11-15-8-9-26-20(15)29;/h5-7,12,14-15,18-19,22,31H,8-11,13H2,1-4H3,(H,26,29)(H,27,30)(H,28,32)(H,33,34,35);/q;+1/p-1/t15-,18-,19-,22?;/m0./s1. The first-order valence-corrected chi connectivity index (χ1v) is 14.4. The molecule has 2 rings (SSSR count). The Morgan fingerprint density at radius 3 is 2.51 bits per heavy atom. The van der Waals surface area contributed by atoms with Crippen molar-refractivity contribution in [1.82, 2.24) is 16.0 Å². The molecule has 11 nitrogen and oxygen atoms in total. The van der Waals surface area contributed by atoms with Crippen molar-refractivity contribution < 1.29 is 71.1 Å². The van der Waals surface area contributed by atoms with Crippen LogP contribution in [0.2, 0.25) is 0 Å². The largest absolute Gasteiger partial charge is 1.00 e. The zero-order valence-electron chi connectivity index (χ0n) is 22.7. The van der Waals surface area contributed by atoms with Crippen molar-refractivity contribution in [2.75, 3.05) is 13.2 Å². The molecular formula is C24H35FN3NaO8S2. The van der Waals surface area contributed by atoms with Gasteiger partial charge in [-0.3, -0.25) is 9.59 Å². The van der Waals surface area contributed by atoms with Crippen LogP contribution >= 0.6 is 11.8 Å². The number of carbonyl (C=O) groups excluding carboxylic acids is 3. The molecule has 0 aromatic heterocycles. The number of nitrogens with one attached hydrogen (secondary N) is 3. The molecule has 15 heteroatoms. The van der Waals surface area contributed by atoms with Crippen LogP contribution < -0.4 is 45.5 Å². The van der Waals surface area contributed by atoms with Gasteiger partial charge in [-0.1, -0.05) is 19.9 Å². The number of halogens is 1. The summed E-state index contributed by atoms with van der Waals surface area (Å²) in [5.41, 5.74) is -2.48. The molecule has 1 unspecified atom stereocenters. The van der Waals surface area contributed by atoms with Crippen LogP contribution in [0.15, 0.2) is 29.2 Å². The molecule has 3 amide bonds. The van der Waals surface area contributed by atoms with Crippen molar-refractivity contribution in [1.29, 1.82) is 0 Å². The first kappa shape index (κ1) is 35.6. The first-order chi connectivity index (χ1) is 17.6. The SMILES string of the molecule is CC(C)C[C@H](NC(=O)OCC(C)(C)Sc1cccc(F)c1)C(=O)N[C@@H](C[C@@H]1CCNC1=O)C(O)S(=O)(=O)[O-].[Na+]. The second-order valence-corrected chi connectivity index (χ2v) is 13.5. The fourth-order valence-electron chi connectivity index (χ4n) is 3.91. The van der Waals surface area contributed by atoms with Crippen LogP contribution in [0.25, 0.3) is 0 Å². The molecule has 1 aromatic carbocycles. The molecule has 0 spiro atoms. The van der Waals surface area contributed by atoms with Gasteiger partial charge in [-0.2, -0.15) is 0 Å². The quantitative estimate of drug-likeness (QED) is 0.122. The van der Waals surface area contributed by atoms with E-state index >= 15 is 0 Å². The van der Waals surface area contributed by atoms with Gasteiger partial charge in [-0.25, -0.2) is 17.6 Å². The van der Waals surface area contributed by atoms with Gasteiger partial charge in [-0.15, -0.1) is 11.8 Å². The van der Waals surface area contributed by atoms with E-state index < -0.39 is 56.1 Å². The monoisotopic (exact) mass is 599 g/mol. The van der Waals surface area contributed by atoms with Gasteiger partial charge in [-0.05, 0) is 57.2 Å². The van der Waals surface area contributed by atoms with Crippen LogP contribution in [-0.2, 0) is 24.4 Å². The fraction of sp³-hybridized carbons (Fsp3) is 0.625. The Morgan fingerprint density at radius 2 is 1.97 bits per heavy atom. The maximum Gasteiger partial charge on any atom is 1.00 e. The third kappa shape index (κ3) is 12.3. The van der Waals surface area contributed by atoms with E-state index in [4.69, 9.17) is 4.74 Å². The van der Waals surface area contributed by atoms with E-state index in [9.17, 15) is 36.9 Å². The number of carbonyl (C=O) groups is 3. The molecule has 0 aliphatic carbocycles. The predicted molar refractivity (Wildman–Crippen MR) is 137 cm³/mol. The summed E-state index contributed by atoms with van der Waals surface area (Å²) in [6, 6.07) is 3.23. The van der Waals surface area contributed by atoms with E-state index in [0.29, 0.717) is 17.9 Å². The Morgan fingerprint density at radius 1 is 1.31 bits per heavy atom. The summed E-state index contributed by atoms with van der Waals surface area (Å²) < 4.78 is 52.6. The smallest absolute Gasteiger partial charge is 0.746 e. The topological polar surface area (TPSA) is 174 Å². The Hall–Kier alpha value is -1.42. The van der Waals surface area contributed by atoms with Gasteiger partial charge in [0.15, 0.2) is 5.44 Å². The molecule has 1 heterocycles. The number of thioether (sulfide) groups is 1. The van der Waals surface area contributed by atoms with Crippen LogP contribution in [0, 0.1) is 17.7 Å². The average molecular weight is 600 g/mol. The molecule has 4 atom stereocenters. The summed E-state index contributed by atoms with van der Waals surface area (Å²) in [6.45, 7) is 7.45. The Kier molecular flexibility index (Phi) is 14.2. The fourth-order valence-corrected chi connectivity index (χ4v) is 5.57. The van der Waals surface area contributed by atoms with E-state index in [2.05, 4.69) is 16.0 Å². The Bertz CT molecular complexity index is 1110.